The smallest absolute Gasteiger partial charge is 0.243 e. The van der Waals surface area contributed by atoms with Crippen LogP contribution in [0.1, 0.15) is 25.2 Å². The van der Waals surface area contributed by atoms with E-state index in [1.54, 1.807) is 30.6 Å². The summed E-state index contributed by atoms with van der Waals surface area (Å²) in [5.74, 6) is 0.492. The van der Waals surface area contributed by atoms with Crippen molar-refractivity contribution in [2.45, 2.75) is 31.7 Å². The Morgan fingerprint density at radius 2 is 1.71 bits per heavy atom. The Kier molecular flexibility index (Phi) is 7.65. The first kappa shape index (κ1) is 27.4. The topological polar surface area (TPSA) is 134 Å². The van der Waals surface area contributed by atoms with E-state index >= 15 is 4.39 Å². The number of rotatable bonds is 9. The van der Waals surface area contributed by atoms with E-state index in [2.05, 4.69) is 45.8 Å². The van der Waals surface area contributed by atoms with Gasteiger partial charge in [-0.05, 0) is 60.5 Å². The van der Waals surface area contributed by atoms with Gasteiger partial charge in [-0.3, -0.25) is 14.3 Å². The Bertz CT molecular complexity index is 1540. The van der Waals surface area contributed by atoms with E-state index < -0.39 is 20.9 Å². The SMILES string of the molecule is COc1cccc(OC)c1-n1c(NS(=O)(=O)C(C)C(C)(F)c2ncc(Br)cn2)nnc1-c1cncc(C)c1. The van der Waals surface area contributed by atoms with Gasteiger partial charge in [0.1, 0.15) is 22.4 Å². The number of hydrogen-bond donors (Lipinski definition) is 1. The van der Waals surface area contributed by atoms with Crippen LogP contribution in [-0.2, 0) is 15.7 Å². The predicted octanol–water partition coefficient (Wildman–Crippen LogP) is 4.22. The lowest BCUT2D eigenvalue weighted by molar-refractivity contribution is 0.175. The molecule has 1 N–H and O–H groups in total. The molecular formula is C24H25BrFN7O4S. The fraction of sp³-hybridized carbons (Fsp3) is 0.292. The first-order valence-electron chi connectivity index (χ1n) is 11.3. The molecule has 0 aliphatic rings. The molecule has 2 atom stereocenters. The van der Waals surface area contributed by atoms with Crippen LogP contribution in [0.15, 0.2) is 53.5 Å². The average molecular weight is 606 g/mol. The molecule has 4 aromatic rings. The highest BCUT2D eigenvalue weighted by Gasteiger charge is 2.44. The summed E-state index contributed by atoms with van der Waals surface area (Å²) in [4.78, 5) is 12.1. The zero-order valence-electron chi connectivity index (χ0n) is 21.2. The Labute approximate surface area is 227 Å². The summed E-state index contributed by atoms with van der Waals surface area (Å²) in [7, 11) is -1.48. The molecule has 14 heteroatoms. The monoisotopic (exact) mass is 605 g/mol. The quantitative estimate of drug-likeness (QED) is 0.297. The van der Waals surface area contributed by atoms with Crippen LogP contribution in [0.25, 0.3) is 17.1 Å². The molecule has 3 aromatic heterocycles. The predicted molar refractivity (Wildman–Crippen MR) is 143 cm³/mol. The molecule has 0 spiro atoms. The van der Waals surface area contributed by atoms with Gasteiger partial charge in [0.2, 0.25) is 16.0 Å². The summed E-state index contributed by atoms with van der Waals surface area (Å²) in [6, 6.07) is 6.90. The molecule has 0 aliphatic heterocycles. The van der Waals surface area contributed by atoms with E-state index in [1.165, 1.54) is 38.1 Å². The number of nitrogens with one attached hydrogen (secondary N) is 1. The van der Waals surface area contributed by atoms with Crippen molar-refractivity contribution in [2.75, 3.05) is 18.9 Å². The van der Waals surface area contributed by atoms with Crippen molar-refractivity contribution in [3.63, 3.8) is 0 Å². The van der Waals surface area contributed by atoms with Gasteiger partial charge in [0.05, 0.1) is 18.7 Å². The molecule has 0 bridgehead atoms. The molecule has 2 unspecified atom stereocenters. The van der Waals surface area contributed by atoms with Crippen molar-refractivity contribution in [1.29, 1.82) is 0 Å². The van der Waals surface area contributed by atoms with Crippen LogP contribution in [0.3, 0.4) is 0 Å². The molecule has 4 rings (SSSR count). The van der Waals surface area contributed by atoms with Crippen LogP contribution in [0.2, 0.25) is 0 Å². The van der Waals surface area contributed by atoms with Crippen LogP contribution >= 0.6 is 15.9 Å². The molecule has 0 saturated heterocycles. The zero-order valence-corrected chi connectivity index (χ0v) is 23.6. The highest BCUT2D eigenvalue weighted by molar-refractivity contribution is 9.10. The van der Waals surface area contributed by atoms with Crippen molar-refractivity contribution in [1.82, 2.24) is 29.7 Å². The lowest BCUT2D eigenvalue weighted by Crippen LogP contribution is -2.41. The molecular weight excluding hydrogens is 581 g/mol. The minimum absolute atomic E-state index is 0.205. The highest BCUT2D eigenvalue weighted by Crippen LogP contribution is 2.38. The molecule has 0 fully saturated rings. The van der Waals surface area contributed by atoms with Gasteiger partial charge in [-0.1, -0.05) is 6.07 Å². The van der Waals surface area contributed by atoms with Crippen molar-refractivity contribution in [3.05, 3.63) is 64.9 Å². The number of nitrogens with zero attached hydrogens (tertiary/aromatic N) is 6. The summed E-state index contributed by atoms with van der Waals surface area (Å²) >= 11 is 3.19. The molecule has 11 nitrogen and oxygen atoms in total. The number of methoxy groups -OCH3 is 2. The Hall–Kier alpha value is -3.65. The van der Waals surface area contributed by atoms with Crippen LogP contribution < -0.4 is 14.2 Å². The summed E-state index contributed by atoms with van der Waals surface area (Å²) < 4.78 is 58.4. The van der Waals surface area contributed by atoms with E-state index in [0.717, 1.165) is 12.5 Å². The lowest BCUT2D eigenvalue weighted by Gasteiger charge is -2.26. The number of para-hydroxylation sites is 1. The number of benzene rings is 1. The maximum Gasteiger partial charge on any atom is 0.243 e. The van der Waals surface area contributed by atoms with Crippen LogP contribution in [0.5, 0.6) is 11.5 Å². The van der Waals surface area contributed by atoms with E-state index in [1.807, 2.05) is 13.0 Å². The third-order valence-corrected chi connectivity index (χ3v) is 8.19. The third-order valence-electron chi connectivity index (χ3n) is 5.94. The normalized spacial score (nSPS) is 14.0. The molecule has 0 saturated carbocycles. The minimum Gasteiger partial charge on any atom is -0.494 e. The fourth-order valence-electron chi connectivity index (χ4n) is 3.73. The van der Waals surface area contributed by atoms with Gasteiger partial charge in [0.15, 0.2) is 17.3 Å². The molecule has 1 aromatic carbocycles. The number of halogens is 2. The van der Waals surface area contributed by atoms with Crippen LogP contribution in [-0.4, -0.2) is 57.6 Å². The number of ether oxygens (including phenoxy) is 2. The van der Waals surface area contributed by atoms with Crippen molar-refractivity contribution in [3.8, 4) is 28.6 Å². The van der Waals surface area contributed by atoms with Crippen molar-refractivity contribution in [2.24, 2.45) is 0 Å². The van der Waals surface area contributed by atoms with E-state index in [4.69, 9.17) is 9.47 Å². The number of aromatic nitrogens is 6. The number of anilines is 1. The van der Waals surface area contributed by atoms with E-state index in [-0.39, 0.29) is 17.6 Å². The van der Waals surface area contributed by atoms with Crippen LogP contribution in [0, 0.1) is 6.92 Å². The first-order chi connectivity index (χ1) is 18.0. The molecule has 200 valence electrons. The van der Waals surface area contributed by atoms with Gasteiger partial charge >= 0.3 is 0 Å². The maximum absolute atomic E-state index is 15.9. The summed E-state index contributed by atoms with van der Waals surface area (Å²) in [5.41, 5.74) is -0.698. The second-order valence-corrected chi connectivity index (χ2v) is 11.5. The molecule has 0 radical (unpaired) electrons. The van der Waals surface area contributed by atoms with Gasteiger partial charge in [0.25, 0.3) is 0 Å². The molecule has 3 heterocycles. The van der Waals surface area contributed by atoms with Crippen LogP contribution in [0.4, 0.5) is 10.3 Å². The number of sulfonamides is 1. The first-order valence-corrected chi connectivity index (χ1v) is 13.6. The average Bonchev–Trinajstić information content (AvgIpc) is 3.30. The van der Waals surface area contributed by atoms with Crippen molar-refractivity contribution >= 4 is 31.9 Å². The molecule has 0 aliphatic carbocycles. The zero-order chi connectivity index (χ0) is 27.7. The molecule has 38 heavy (non-hydrogen) atoms. The lowest BCUT2D eigenvalue weighted by atomic mass is 10.0. The van der Waals surface area contributed by atoms with E-state index in [9.17, 15) is 8.42 Å². The van der Waals surface area contributed by atoms with Gasteiger partial charge in [0, 0.05) is 30.4 Å². The second kappa shape index (κ2) is 10.6. The third kappa shape index (κ3) is 5.18. The second-order valence-electron chi connectivity index (χ2n) is 8.53. The van der Waals surface area contributed by atoms with Crippen molar-refractivity contribution < 1.29 is 22.3 Å². The largest absolute Gasteiger partial charge is 0.494 e. The van der Waals surface area contributed by atoms with Gasteiger partial charge in [-0.15, -0.1) is 10.2 Å². The Morgan fingerprint density at radius 3 is 2.29 bits per heavy atom. The van der Waals surface area contributed by atoms with Gasteiger partial charge < -0.3 is 9.47 Å². The number of aryl methyl sites for hydroxylation is 1. The minimum atomic E-state index is -4.41. The van der Waals surface area contributed by atoms with Gasteiger partial charge in [-0.2, -0.15) is 0 Å². The number of pyridine rings is 1. The Morgan fingerprint density at radius 1 is 1.08 bits per heavy atom. The highest BCUT2D eigenvalue weighted by atomic mass is 79.9. The molecule has 0 amide bonds. The van der Waals surface area contributed by atoms with E-state index in [0.29, 0.717) is 27.2 Å². The fourth-order valence-corrected chi connectivity index (χ4v) is 5.19. The summed E-state index contributed by atoms with van der Waals surface area (Å²) in [6.45, 7) is 4.19. The maximum atomic E-state index is 15.9. The van der Waals surface area contributed by atoms with Gasteiger partial charge in [-0.25, -0.2) is 22.8 Å². The number of alkyl halides is 1. The summed E-state index contributed by atoms with van der Waals surface area (Å²) in [5, 5.41) is 6.73. The number of hydrogen-bond acceptors (Lipinski definition) is 9. The standard InChI is InChI=1S/C24H25BrFN7O4S/c1-14-9-16(11-27-10-14)21-30-31-23(33(21)20-18(36-4)7-6-8-19(20)37-5)32-38(34,35)15(2)24(3,26)22-28-12-17(25)13-29-22/h6-13,15H,1-5H3,(H,31,32). The summed E-state index contributed by atoms with van der Waals surface area (Å²) in [6.07, 6.45) is 5.94. The Balaban J connectivity index is 1.86.